The van der Waals surface area contributed by atoms with Gasteiger partial charge in [0, 0.05) is 12.5 Å². The van der Waals surface area contributed by atoms with Crippen LogP contribution in [0, 0.1) is 11.7 Å². The van der Waals surface area contributed by atoms with E-state index in [4.69, 9.17) is 19.3 Å². The Bertz CT molecular complexity index is 1310. The van der Waals surface area contributed by atoms with E-state index in [2.05, 4.69) is 0 Å². The second kappa shape index (κ2) is 9.67. The third-order valence-corrected chi connectivity index (χ3v) is 7.72. The van der Waals surface area contributed by atoms with Gasteiger partial charge in [-0.3, -0.25) is 0 Å². The number of aliphatic hydroxyl groups is 1. The predicted octanol–water partition coefficient (Wildman–Crippen LogP) is 3.47. The van der Waals surface area contributed by atoms with Gasteiger partial charge >= 0.3 is 12.1 Å². The summed E-state index contributed by atoms with van der Waals surface area (Å²) in [5, 5.41) is 9.03. The number of nitrogens with zero attached hydrogens (tertiary/aromatic N) is 1. The van der Waals surface area contributed by atoms with Crippen molar-refractivity contribution < 1.29 is 41.7 Å². The summed E-state index contributed by atoms with van der Waals surface area (Å²) in [4.78, 5) is 25.3. The zero-order valence-electron chi connectivity index (χ0n) is 19.1. The zero-order chi connectivity index (χ0) is 25.3. The van der Waals surface area contributed by atoms with E-state index in [-0.39, 0.29) is 41.5 Å². The lowest BCUT2D eigenvalue weighted by Gasteiger charge is -2.27. The van der Waals surface area contributed by atoms with Crippen molar-refractivity contribution in [1.29, 1.82) is 0 Å². The molecule has 2 aliphatic rings. The number of anilines is 1. The van der Waals surface area contributed by atoms with Crippen LogP contribution in [0.2, 0.25) is 0 Å². The Morgan fingerprint density at radius 1 is 1.23 bits per heavy atom. The average molecular weight is 506 g/mol. The first-order chi connectivity index (χ1) is 16.7. The highest BCUT2D eigenvalue weighted by Crippen LogP contribution is 2.55. The Balaban J connectivity index is 1.92. The van der Waals surface area contributed by atoms with Crippen LogP contribution in [0.3, 0.4) is 0 Å². The van der Waals surface area contributed by atoms with E-state index in [1.807, 2.05) is 0 Å². The number of methoxy groups -OCH3 is 2. The standard InChI is InChI=1S/C24H24FNO8S/c1-32-23(28)21-19(8-7-17-18-12-15(18)13-34-22(17)21)26(24(29)33-2)35(30,31)20-9-6-16(25)11-14(20)5-3-4-10-27/h3,5-9,11,15,18,27H,4,10,12-13H2,1-2H3/b5-3-. The Morgan fingerprint density at radius 3 is 2.69 bits per heavy atom. The smallest absolute Gasteiger partial charge is 0.428 e. The van der Waals surface area contributed by atoms with Gasteiger partial charge in [-0.25, -0.2) is 22.4 Å². The molecular formula is C24H24FNO8S. The zero-order valence-corrected chi connectivity index (χ0v) is 19.9. The molecule has 0 radical (unpaired) electrons. The molecule has 1 fully saturated rings. The summed E-state index contributed by atoms with van der Waals surface area (Å²) in [6, 6.07) is 5.91. The van der Waals surface area contributed by atoms with Gasteiger partial charge in [0.05, 0.1) is 31.4 Å². The largest absolute Gasteiger partial charge is 0.492 e. The van der Waals surface area contributed by atoms with Crippen molar-refractivity contribution >= 4 is 33.8 Å². The predicted molar refractivity (Wildman–Crippen MR) is 123 cm³/mol. The molecule has 4 rings (SSSR count). The number of sulfonamides is 1. The lowest BCUT2D eigenvalue weighted by atomic mass is 10.00. The summed E-state index contributed by atoms with van der Waals surface area (Å²) in [5.74, 6) is -0.915. The fourth-order valence-electron chi connectivity index (χ4n) is 4.18. The number of ether oxygens (including phenoxy) is 3. The van der Waals surface area contributed by atoms with Crippen LogP contribution in [0.4, 0.5) is 14.9 Å². The molecule has 186 valence electrons. The van der Waals surface area contributed by atoms with Crippen LogP contribution in [-0.4, -0.2) is 53.0 Å². The van der Waals surface area contributed by atoms with Crippen LogP contribution in [0.25, 0.3) is 6.08 Å². The number of fused-ring (bicyclic) bond motifs is 3. The topological polar surface area (TPSA) is 119 Å². The lowest BCUT2D eigenvalue weighted by Crippen LogP contribution is -2.38. The summed E-state index contributed by atoms with van der Waals surface area (Å²) in [7, 11) is -2.60. The minimum absolute atomic E-state index is 0.0537. The number of carbonyl (C=O) groups excluding carboxylic acids is 2. The first kappa shape index (κ1) is 24.7. The Morgan fingerprint density at radius 2 is 2.00 bits per heavy atom. The number of hydrogen-bond acceptors (Lipinski definition) is 8. The number of esters is 1. The van der Waals surface area contributed by atoms with Gasteiger partial charge in [-0.2, -0.15) is 4.31 Å². The van der Waals surface area contributed by atoms with Gasteiger partial charge < -0.3 is 19.3 Å². The first-order valence-corrected chi connectivity index (χ1v) is 12.3. The number of amides is 1. The summed E-state index contributed by atoms with van der Waals surface area (Å²) < 4.78 is 57.4. The van der Waals surface area contributed by atoms with Gasteiger partial charge in [0.1, 0.15) is 17.1 Å². The van der Waals surface area contributed by atoms with Gasteiger partial charge in [0.15, 0.2) is 0 Å². The van der Waals surface area contributed by atoms with E-state index < -0.39 is 32.8 Å². The van der Waals surface area contributed by atoms with Crippen LogP contribution >= 0.6 is 0 Å². The third-order valence-electron chi connectivity index (χ3n) is 5.96. The second-order valence-electron chi connectivity index (χ2n) is 8.12. The molecule has 11 heteroatoms. The number of halogens is 1. The Hall–Kier alpha value is -3.44. The van der Waals surface area contributed by atoms with Gasteiger partial charge in [-0.15, -0.1) is 0 Å². The molecule has 1 N–H and O–H groups in total. The van der Waals surface area contributed by atoms with Crippen molar-refractivity contribution in [3.63, 3.8) is 0 Å². The minimum atomic E-state index is -4.73. The molecule has 2 aromatic rings. The molecule has 1 aliphatic heterocycles. The molecule has 2 unspecified atom stereocenters. The van der Waals surface area contributed by atoms with Gasteiger partial charge in [-0.05, 0) is 54.2 Å². The van der Waals surface area contributed by atoms with Crippen LogP contribution in [-0.2, 0) is 19.5 Å². The summed E-state index contributed by atoms with van der Waals surface area (Å²) in [5.41, 5.74) is 0.156. The van der Waals surface area contributed by atoms with E-state index in [1.165, 1.54) is 18.2 Å². The first-order valence-electron chi connectivity index (χ1n) is 10.8. The number of benzene rings is 2. The number of aliphatic hydroxyl groups excluding tert-OH is 1. The van der Waals surface area contributed by atoms with E-state index in [0.29, 0.717) is 16.8 Å². The molecule has 2 aromatic carbocycles. The summed E-state index contributed by atoms with van der Waals surface area (Å²) in [6.45, 7) is 0.162. The van der Waals surface area contributed by atoms with Crippen molar-refractivity contribution in [3.8, 4) is 5.75 Å². The second-order valence-corrected chi connectivity index (χ2v) is 9.87. The minimum Gasteiger partial charge on any atom is -0.492 e. The normalized spacial score (nSPS) is 18.3. The molecule has 0 spiro atoms. The molecule has 35 heavy (non-hydrogen) atoms. The summed E-state index contributed by atoms with van der Waals surface area (Å²) >= 11 is 0. The number of rotatable bonds is 7. The highest BCUT2D eigenvalue weighted by Gasteiger charge is 2.47. The lowest BCUT2D eigenvalue weighted by molar-refractivity contribution is 0.0596. The molecule has 1 heterocycles. The number of hydrogen-bond donors (Lipinski definition) is 1. The maximum absolute atomic E-state index is 14.0. The van der Waals surface area contributed by atoms with Crippen LogP contribution in [0.1, 0.15) is 40.2 Å². The van der Waals surface area contributed by atoms with E-state index in [9.17, 15) is 22.4 Å². The Kier molecular flexibility index (Phi) is 6.82. The van der Waals surface area contributed by atoms with Gasteiger partial charge in [-0.1, -0.05) is 18.2 Å². The highest BCUT2D eigenvalue weighted by molar-refractivity contribution is 7.93. The third kappa shape index (κ3) is 4.48. The molecule has 2 atom stereocenters. The van der Waals surface area contributed by atoms with Crippen LogP contribution < -0.4 is 9.04 Å². The molecule has 1 saturated carbocycles. The van der Waals surface area contributed by atoms with Crippen molar-refractivity contribution in [1.82, 2.24) is 0 Å². The van der Waals surface area contributed by atoms with E-state index in [0.717, 1.165) is 44.4 Å². The molecule has 1 aliphatic carbocycles. The Labute approximate surface area is 201 Å². The molecule has 1 amide bonds. The maximum atomic E-state index is 14.0. The maximum Gasteiger partial charge on any atom is 0.428 e. The fourth-order valence-corrected chi connectivity index (χ4v) is 5.73. The van der Waals surface area contributed by atoms with Gasteiger partial charge in [0.25, 0.3) is 10.0 Å². The van der Waals surface area contributed by atoms with Gasteiger partial charge in [0.2, 0.25) is 0 Å². The van der Waals surface area contributed by atoms with Crippen LogP contribution in [0.15, 0.2) is 41.3 Å². The molecule has 0 aromatic heterocycles. The average Bonchev–Trinajstić information content (AvgIpc) is 3.63. The number of carbonyl (C=O) groups is 2. The molecule has 0 bridgehead atoms. The SMILES string of the molecule is COC(=O)c1c(N(C(=O)OC)S(=O)(=O)c2ccc(F)cc2/C=C\CCO)ccc2c1OCC1CC21. The van der Waals surface area contributed by atoms with Crippen molar-refractivity contribution in [2.75, 3.05) is 31.7 Å². The summed E-state index contributed by atoms with van der Waals surface area (Å²) in [6.07, 6.45) is 2.59. The van der Waals surface area contributed by atoms with E-state index in [1.54, 1.807) is 6.07 Å². The van der Waals surface area contributed by atoms with Crippen LogP contribution in [0.5, 0.6) is 5.75 Å². The quantitative estimate of drug-likeness (QED) is 0.568. The monoisotopic (exact) mass is 505 g/mol. The highest BCUT2D eigenvalue weighted by atomic mass is 32.2. The van der Waals surface area contributed by atoms with Crippen molar-refractivity contribution in [2.45, 2.75) is 23.7 Å². The molecule has 0 saturated heterocycles. The van der Waals surface area contributed by atoms with E-state index >= 15 is 0 Å². The van der Waals surface area contributed by atoms with Crippen molar-refractivity contribution in [3.05, 3.63) is 58.9 Å². The molecular weight excluding hydrogens is 481 g/mol. The molecule has 9 nitrogen and oxygen atoms in total. The fraction of sp³-hybridized carbons (Fsp3) is 0.333. The van der Waals surface area contributed by atoms with Crippen molar-refractivity contribution in [2.24, 2.45) is 5.92 Å².